The fourth-order valence-electron chi connectivity index (χ4n) is 4.32. The number of rotatable bonds is 5. The molecule has 0 aliphatic rings. The molecule has 0 fully saturated rings. The van der Waals surface area contributed by atoms with Crippen LogP contribution in [0.15, 0.2) is 73.2 Å². The van der Waals surface area contributed by atoms with Crippen LogP contribution in [0.2, 0.25) is 0 Å². The summed E-state index contributed by atoms with van der Waals surface area (Å²) in [4.78, 5) is 16.9. The Morgan fingerprint density at radius 1 is 0.947 bits per heavy atom. The third kappa shape index (κ3) is 4.26. The molecule has 6 aromatic rings. The van der Waals surface area contributed by atoms with E-state index in [-0.39, 0.29) is 11.2 Å². The van der Waals surface area contributed by atoms with Crippen molar-refractivity contribution in [2.24, 2.45) is 5.41 Å². The molecule has 1 atom stereocenters. The van der Waals surface area contributed by atoms with Gasteiger partial charge in [0.25, 0.3) is 0 Å². The number of hydrogen-bond donors (Lipinski definition) is 4. The van der Waals surface area contributed by atoms with Crippen molar-refractivity contribution in [1.82, 2.24) is 30.1 Å². The van der Waals surface area contributed by atoms with Crippen LogP contribution >= 0.6 is 0 Å². The molecular formula is C29H26FN7O. The van der Waals surface area contributed by atoms with Crippen molar-refractivity contribution in [1.29, 1.82) is 0 Å². The van der Waals surface area contributed by atoms with Gasteiger partial charge in [-0.05, 0) is 42.0 Å². The monoisotopic (exact) mass is 507 g/mol. The number of nitrogens with one attached hydrogen (secondary N) is 3. The van der Waals surface area contributed by atoms with Crippen molar-refractivity contribution in [3.8, 4) is 33.9 Å². The summed E-state index contributed by atoms with van der Waals surface area (Å²) in [6, 6.07) is 16.3. The molecular weight excluding hydrogens is 481 g/mol. The van der Waals surface area contributed by atoms with E-state index in [9.17, 15) is 9.50 Å². The topological polar surface area (TPSA) is 115 Å². The first-order valence-electron chi connectivity index (χ1n) is 12.3. The van der Waals surface area contributed by atoms with Crippen molar-refractivity contribution in [3.05, 3.63) is 79.0 Å². The molecule has 4 N–H and O–H groups in total. The first-order valence-corrected chi connectivity index (χ1v) is 12.3. The highest BCUT2D eigenvalue weighted by Crippen LogP contribution is 2.33. The third-order valence-electron chi connectivity index (χ3n) is 6.51. The molecule has 8 nitrogen and oxygen atoms in total. The van der Waals surface area contributed by atoms with Gasteiger partial charge in [-0.25, -0.2) is 9.37 Å². The molecule has 0 spiro atoms. The lowest BCUT2D eigenvalue weighted by atomic mass is 9.94. The number of H-pyrrole nitrogens is 2. The van der Waals surface area contributed by atoms with Gasteiger partial charge in [-0.3, -0.25) is 15.1 Å². The Bertz CT molecular complexity index is 1780. The zero-order chi connectivity index (χ0) is 26.4. The number of halogens is 1. The number of fused-ring (bicyclic) bond motifs is 2. The molecule has 0 aliphatic carbocycles. The average molecular weight is 508 g/mol. The largest absolute Gasteiger partial charge is 0.373 e. The van der Waals surface area contributed by atoms with Crippen molar-refractivity contribution in [3.63, 3.8) is 0 Å². The van der Waals surface area contributed by atoms with E-state index in [1.165, 1.54) is 6.07 Å². The van der Waals surface area contributed by atoms with Crippen LogP contribution in [0.3, 0.4) is 0 Å². The number of benzene rings is 2. The normalized spacial score (nSPS) is 12.8. The second-order valence-corrected chi connectivity index (χ2v) is 10.3. The van der Waals surface area contributed by atoms with Gasteiger partial charge < -0.3 is 15.4 Å². The first kappa shape index (κ1) is 23.7. The maximum atomic E-state index is 14.5. The molecule has 190 valence electrons. The summed E-state index contributed by atoms with van der Waals surface area (Å²) in [5.41, 5.74) is 5.88. The number of aliphatic hydroxyl groups excluding tert-OH is 1. The van der Waals surface area contributed by atoms with Gasteiger partial charge in [0, 0.05) is 34.3 Å². The number of pyridine rings is 2. The number of imidazole rings is 1. The SMILES string of the molecule is CC(C)(C)C(O)Nc1cncc(-c2ccc3[nH]nc(-c4nc5c(-c6ccccc6F)nccc5[nH]4)c3c2)c1. The zero-order valence-electron chi connectivity index (χ0n) is 21.1. The summed E-state index contributed by atoms with van der Waals surface area (Å²) >= 11 is 0. The van der Waals surface area contributed by atoms with Gasteiger partial charge in [0.05, 0.1) is 22.9 Å². The van der Waals surface area contributed by atoms with Crippen LogP contribution in [0.5, 0.6) is 0 Å². The standard InChI is InChI=1S/C29H26FN7O/c1-29(2,3)28(38)33-18-12-17(14-31-15-18)16-8-9-22-20(13-16)25(37-36-22)27-34-23-10-11-32-24(26(23)35-27)19-6-4-5-7-21(19)30/h4-15,28,33,38H,1-3H3,(H,34,35)(H,36,37). The van der Waals surface area contributed by atoms with Gasteiger partial charge in [0.1, 0.15) is 28.9 Å². The molecule has 2 aromatic carbocycles. The summed E-state index contributed by atoms with van der Waals surface area (Å²) in [6.45, 7) is 5.89. The van der Waals surface area contributed by atoms with Gasteiger partial charge in [0.15, 0.2) is 5.82 Å². The second kappa shape index (κ2) is 9.04. The average Bonchev–Trinajstić information content (AvgIpc) is 3.52. The zero-order valence-corrected chi connectivity index (χ0v) is 21.1. The van der Waals surface area contributed by atoms with E-state index in [2.05, 4.69) is 30.5 Å². The van der Waals surface area contributed by atoms with E-state index in [0.717, 1.165) is 33.2 Å². The van der Waals surface area contributed by atoms with Gasteiger partial charge in [-0.2, -0.15) is 5.10 Å². The molecule has 6 rings (SSSR count). The quantitative estimate of drug-likeness (QED) is 0.208. The fourth-order valence-corrected chi connectivity index (χ4v) is 4.32. The fraction of sp³-hybridized carbons (Fsp3) is 0.172. The van der Waals surface area contributed by atoms with Crippen LogP contribution in [-0.2, 0) is 0 Å². The van der Waals surface area contributed by atoms with E-state index >= 15 is 0 Å². The van der Waals surface area contributed by atoms with Crippen molar-refractivity contribution >= 4 is 27.6 Å². The Kier molecular flexibility index (Phi) is 5.65. The molecule has 9 heteroatoms. The van der Waals surface area contributed by atoms with Crippen LogP contribution in [0.4, 0.5) is 10.1 Å². The number of aromatic nitrogens is 6. The molecule has 38 heavy (non-hydrogen) atoms. The lowest BCUT2D eigenvalue weighted by Crippen LogP contribution is -2.33. The molecule has 1 unspecified atom stereocenters. The molecule has 0 bridgehead atoms. The van der Waals surface area contributed by atoms with Crippen LogP contribution in [-0.4, -0.2) is 41.5 Å². The van der Waals surface area contributed by atoms with Crippen molar-refractivity contribution < 1.29 is 9.50 Å². The lowest BCUT2D eigenvalue weighted by molar-refractivity contribution is 0.0880. The molecule has 4 aromatic heterocycles. The van der Waals surface area contributed by atoms with Gasteiger partial charge in [-0.15, -0.1) is 0 Å². The number of hydrogen-bond acceptors (Lipinski definition) is 6. The molecule has 0 amide bonds. The summed E-state index contributed by atoms with van der Waals surface area (Å²) in [5.74, 6) is 0.197. The minimum atomic E-state index is -0.723. The van der Waals surface area contributed by atoms with Crippen LogP contribution < -0.4 is 5.32 Å². The van der Waals surface area contributed by atoms with Gasteiger partial charge >= 0.3 is 0 Å². The van der Waals surface area contributed by atoms with Gasteiger partial charge in [0.2, 0.25) is 0 Å². The first-order chi connectivity index (χ1) is 18.3. The van der Waals surface area contributed by atoms with E-state index < -0.39 is 6.23 Å². The summed E-state index contributed by atoms with van der Waals surface area (Å²) in [5, 5.41) is 22.1. The highest BCUT2D eigenvalue weighted by Gasteiger charge is 2.22. The summed E-state index contributed by atoms with van der Waals surface area (Å²) in [6.07, 6.45) is 4.38. The number of nitrogens with zero attached hydrogens (tertiary/aromatic N) is 4. The molecule has 4 heterocycles. The minimum Gasteiger partial charge on any atom is -0.373 e. The molecule has 0 radical (unpaired) electrons. The van der Waals surface area contributed by atoms with Crippen LogP contribution in [0.25, 0.3) is 55.8 Å². The molecule has 0 aliphatic heterocycles. The predicted octanol–water partition coefficient (Wildman–Crippen LogP) is 6.15. The van der Waals surface area contributed by atoms with E-state index in [1.807, 2.05) is 51.1 Å². The van der Waals surface area contributed by atoms with Crippen LogP contribution in [0.1, 0.15) is 20.8 Å². The Labute approximate surface area is 218 Å². The predicted molar refractivity (Wildman–Crippen MR) is 147 cm³/mol. The van der Waals surface area contributed by atoms with Crippen molar-refractivity contribution in [2.45, 2.75) is 27.0 Å². The minimum absolute atomic E-state index is 0.325. The Morgan fingerprint density at radius 3 is 2.61 bits per heavy atom. The maximum absolute atomic E-state index is 14.5. The van der Waals surface area contributed by atoms with Crippen molar-refractivity contribution in [2.75, 3.05) is 5.32 Å². The number of anilines is 1. The number of aromatic amines is 2. The van der Waals surface area contributed by atoms with Gasteiger partial charge in [-0.1, -0.05) is 39.0 Å². The Hall–Kier alpha value is -4.63. The number of aliphatic hydroxyl groups is 1. The smallest absolute Gasteiger partial charge is 0.159 e. The summed E-state index contributed by atoms with van der Waals surface area (Å²) < 4.78 is 14.5. The lowest BCUT2D eigenvalue weighted by Gasteiger charge is -2.27. The highest BCUT2D eigenvalue weighted by molar-refractivity contribution is 5.97. The molecule has 0 saturated carbocycles. The van der Waals surface area contributed by atoms with E-state index in [4.69, 9.17) is 4.98 Å². The highest BCUT2D eigenvalue weighted by atomic mass is 19.1. The van der Waals surface area contributed by atoms with E-state index in [0.29, 0.717) is 28.3 Å². The Balaban J connectivity index is 1.40. The molecule has 0 saturated heterocycles. The van der Waals surface area contributed by atoms with Crippen LogP contribution in [0, 0.1) is 11.2 Å². The summed E-state index contributed by atoms with van der Waals surface area (Å²) in [7, 11) is 0. The third-order valence-corrected chi connectivity index (χ3v) is 6.51. The second-order valence-electron chi connectivity index (χ2n) is 10.3. The van der Waals surface area contributed by atoms with E-state index in [1.54, 1.807) is 36.8 Å². The maximum Gasteiger partial charge on any atom is 0.159 e. The Morgan fingerprint density at radius 2 is 1.79 bits per heavy atom.